The normalized spacial score (nSPS) is 10.6. The van der Waals surface area contributed by atoms with Crippen LogP contribution in [-0.2, 0) is 12.8 Å². The molecule has 0 saturated heterocycles. The molecular weight excluding hydrogens is 258 g/mol. The molecule has 0 amide bonds. The number of aromatic nitrogens is 2. The Labute approximate surface area is 118 Å². The minimum absolute atomic E-state index is 0.601. The molecule has 6 heteroatoms. The summed E-state index contributed by atoms with van der Waals surface area (Å²) in [5.41, 5.74) is 1.05. The van der Waals surface area contributed by atoms with Gasteiger partial charge in [-0.25, -0.2) is 0 Å². The van der Waals surface area contributed by atoms with Gasteiger partial charge >= 0.3 is 0 Å². The third kappa shape index (κ3) is 3.48. The van der Waals surface area contributed by atoms with Gasteiger partial charge in [-0.3, -0.25) is 0 Å². The highest BCUT2D eigenvalue weighted by Crippen LogP contribution is 2.28. The van der Waals surface area contributed by atoms with E-state index in [1.807, 2.05) is 25.2 Å². The third-order valence-electron chi connectivity index (χ3n) is 2.91. The summed E-state index contributed by atoms with van der Waals surface area (Å²) in [5, 5.41) is 7.02. The van der Waals surface area contributed by atoms with E-state index in [2.05, 4.69) is 15.5 Å². The van der Waals surface area contributed by atoms with Crippen LogP contribution in [0, 0.1) is 0 Å². The van der Waals surface area contributed by atoms with Crippen molar-refractivity contribution in [1.29, 1.82) is 0 Å². The fourth-order valence-corrected chi connectivity index (χ4v) is 1.87. The van der Waals surface area contributed by atoms with Crippen molar-refractivity contribution in [2.45, 2.75) is 12.8 Å². The lowest BCUT2D eigenvalue weighted by atomic mass is 10.1. The first-order valence-electron chi connectivity index (χ1n) is 6.43. The van der Waals surface area contributed by atoms with Crippen LogP contribution >= 0.6 is 0 Å². The van der Waals surface area contributed by atoms with Crippen molar-refractivity contribution in [3.8, 4) is 11.5 Å². The minimum atomic E-state index is 0.601. The van der Waals surface area contributed by atoms with Crippen LogP contribution in [-0.4, -0.2) is 38.0 Å². The van der Waals surface area contributed by atoms with E-state index in [9.17, 15) is 0 Å². The average molecular weight is 277 g/mol. The number of rotatable bonds is 7. The number of ether oxygens (including phenoxy) is 2. The SMILES string of the molecule is CNCCc1nc(Cc2ccc(OC)c(OC)c2)no1. The van der Waals surface area contributed by atoms with E-state index in [0.717, 1.165) is 18.5 Å². The number of nitrogens with zero attached hydrogens (tertiary/aromatic N) is 2. The molecule has 1 aromatic carbocycles. The van der Waals surface area contributed by atoms with E-state index in [1.54, 1.807) is 14.2 Å². The molecule has 0 aliphatic carbocycles. The lowest BCUT2D eigenvalue weighted by Gasteiger charge is -2.08. The number of hydrogen-bond donors (Lipinski definition) is 1. The van der Waals surface area contributed by atoms with Crippen LogP contribution < -0.4 is 14.8 Å². The van der Waals surface area contributed by atoms with Crippen LogP contribution in [0.5, 0.6) is 11.5 Å². The summed E-state index contributed by atoms with van der Waals surface area (Å²) >= 11 is 0. The van der Waals surface area contributed by atoms with Crippen molar-refractivity contribution in [3.63, 3.8) is 0 Å². The molecule has 1 aromatic heterocycles. The van der Waals surface area contributed by atoms with Crippen LogP contribution in [0.3, 0.4) is 0 Å². The molecule has 0 radical (unpaired) electrons. The lowest BCUT2D eigenvalue weighted by Crippen LogP contribution is -2.10. The Hall–Kier alpha value is -2.08. The smallest absolute Gasteiger partial charge is 0.227 e. The second-order valence-corrected chi connectivity index (χ2v) is 4.32. The molecule has 0 unspecified atom stereocenters. The van der Waals surface area contributed by atoms with Crippen LogP contribution in [0.25, 0.3) is 0 Å². The fraction of sp³-hybridized carbons (Fsp3) is 0.429. The number of methoxy groups -OCH3 is 2. The molecule has 6 nitrogen and oxygen atoms in total. The molecule has 1 N–H and O–H groups in total. The summed E-state index contributed by atoms with van der Waals surface area (Å²) in [4.78, 5) is 4.35. The number of likely N-dealkylation sites (N-methyl/N-ethyl adjacent to an activating group) is 1. The van der Waals surface area contributed by atoms with E-state index in [4.69, 9.17) is 14.0 Å². The Morgan fingerprint density at radius 3 is 2.70 bits per heavy atom. The van der Waals surface area contributed by atoms with Crippen molar-refractivity contribution in [2.75, 3.05) is 27.8 Å². The molecule has 0 spiro atoms. The van der Waals surface area contributed by atoms with Crippen LogP contribution in [0.1, 0.15) is 17.3 Å². The summed E-state index contributed by atoms with van der Waals surface area (Å²) in [7, 11) is 5.12. The first kappa shape index (κ1) is 14.3. The van der Waals surface area contributed by atoms with Crippen LogP contribution in [0.4, 0.5) is 0 Å². The van der Waals surface area contributed by atoms with Gasteiger partial charge in [-0.15, -0.1) is 0 Å². The molecule has 0 atom stereocenters. The summed E-state index contributed by atoms with van der Waals surface area (Å²) in [6, 6.07) is 5.75. The number of nitrogens with one attached hydrogen (secondary N) is 1. The van der Waals surface area contributed by atoms with Crippen molar-refractivity contribution < 1.29 is 14.0 Å². The molecule has 0 fully saturated rings. The molecule has 0 saturated carbocycles. The van der Waals surface area contributed by atoms with Crippen LogP contribution in [0.15, 0.2) is 22.7 Å². The molecular formula is C14H19N3O3. The van der Waals surface area contributed by atoms with Gasteiger partial charge in [0, 0.05) is 19.4 Å². The largest absolute Gasteiger partial charge is 0.493 e. The van der Waals surface area contributed by atoms with Crippen LogP contribution in [0.2, 0.25) is 0 Å². The molecule has 0 aliphatic heterocycles. The Morgan fingerprint density at radius 1 is 1.20 bits per heavy atom. The Bertz CT molecular complexity index is 554. The van der Waals surface area contributed by atoms with Gasteiger partial charge in [-0.05, 0) is 24.7 Å². The quantitative estimate of drug-likeness (QED) is 0.826. The number of hydrogen-bond acceptors (Lipinski definition) is 6. The Kier molecular flexibility index (Phi) is 4.95. The predicted octanol–water partition coefficient (Wildman–Crippen LogP) is 1.44. The van der Waals surface area contributed by atoms with E-state index in [0.29, 0.717) is 29.6 Å². The highest BCUT2D eigenvalue weighted by molar-refractivity contribution is 5.43. The second kappa shape index (κ2) is 6.91. The fourth-order valence-electron chi connectivity index (χ4n) is 1.87. The Balaban J connectivity index is 2.07. The van der Waals surface area contributed by atoms with Gasteiger partial charge in [0.25, 0.3) is 0 Å². The lowest BCUT2D eigenvalue weighted by molar-refractivity contribution is 0.354. The standard InChI is InChI=1S/C14H19N3O3/c1-15-7-6-14-16-13(17-20-14)9-10-4-5-11(18-2)12(8-10)19-3/h4-5,8,15H,6-7,9H2,1-3H3. The van der Waals surface area contributed by atoms with Gasteiger partial charge in [0.15, 0.2) is 17.3 Å². The monoisotopic (exact) mass is 277 g/mol. The van der Waals surface area contributed by atoms with Gasteiger partial charge < -0.3 is 19.3 Å². The minimum Gasteiger partial charge on any atom is -0.493 e. The van der Waals surface area contributed by atoms with E-state index < -0.39 is 0 Å². The maximum atomic E-state index is 5.28. The maximum absolute atomic E-state index is 5.28. The molecule has 20 heavy (non-hydrogen) atoms. The topological polar surface area (TPSA) is 69.4 Å². The highest BCUT2D eigenvalue weighted by atomic mass is 16.5. The number of benzene rings is 1. The molecule has 0 aliphatic rings. The molecule has 108 valence electrons. The maximum Gasteiger partial charge on any atom is 0.227 e. The summed E-state index contributed by atoms with van der Waals surface area (Å²) < 4.78 is 15.7. The van der Waals surface area contributed by atoms with Crippen molar-refractivity contribution in [3.05, 3.63) is 35.5 Å². The highest BCUT2D eigenvalue weighted by Gasteiger charge is 2.09. The zero-order valence-electron chi connectivity index (χ0n) is 12.0. The van der Waals surface area contributed by atoms with E-state index in [-0.39, 0.29) is 0 Å². The van der Waals surface area contributed by atoms with Gasteiger partial charge in [0.05, 0.1) is 14.2 Å². The second-order valence-electron chi connectivity index (χ2n) is 4.32. The van der Waals surface area contributed by atoms with E-state index in [1.165, 1.54) is 0 Å². The molecule has 2 rings (SSSR count). The zero-order chi connectivity index (χ0) is 14.4. The summed E-state index contributed by atoms with van der Waals surface area (Å²) in [6.07, 6.45) is 1.33. The zero-order valence-corrected chi connectivity index (χ0v) is 12.0. The third-order valence-corrected chi connectivity index (χ3v) is 2.91. The summed E-state index contributed by atoms with van der Waals surface area (Å²) in [5.74, 6) is 2.72. The summed E-state index contributed by atoms with van der Waals surface area (Å²) in [6.45, 7) is 0.817. The van der Waals surface area contributed by atoms with Gasteiger partial charge in [-0.1, -0.05) is 11.2 Å². The van der Waals surface area contributed by atoms with E-state index >= 15 is 0 Å². The average Bonchev–Trinajstić information content (AvgIpc) is 2.92. The molecule has 1 heterocycles. The van der Waals surface area contributed by atoms with Crippen molar-refractivity contribution in [1.82, 2.24) is 15.5 Å². The van der Waals surface area contributed by atoms with Gasteiger partial charge in [0.1, 0.15) is 0 Å². The van der Waals surface area contributed by atoms with Gasteiger partial charge in [0.2, 0.25) is 5.89 Å². The first-order valence-corrected chi connectivity index (χ1v) is 6.43. The van der Waals surface area contributed by atoms with Gasteiger partial charge in [-0.2, -0.15) is 4.98 Å². The molecule has 2 aromatic rings. The predicted molar refractivity (Wildman–Crippen MR) is 74.3 cm³/mol. The molecule has 0 bridgehead atoms. The van der Waals surface area contributed by atoms with Crippen molar-refractivity contribution >= 4 is 0 Å². The first-order chi connectivity index (χ1) is 9.76. The van der Waals surface area contributed by atoms with Crippen molar-refractivity contribution in [2.24, 2.45) is 0 Å². The Morgan fingerprint density at radius 2 is 2.00 bits per heavy atom.